The molecule has 0 atom stereocenters. The van der Waals surface area contributed by atoms with E-state index in [1.807, 2.05) is 0 Å². The first kappa shape index (κ1) is 11.7. The van der Waals surface area contributed by atoms with Gasteiger partial charge in [-0.1, -0.05) is 44.4 Å². The molecule has 16 heavy (non-hydrogen) atoms. The molecule has 1 aromatic rings. The standard InChI is InChI=1S/C16H24/c1-2-3-4-5-8-14-11-12-15-9-6-7-10-16(15)13-14/h11-13H,2-10H2,1H3. The fourth-order valence-corrected chi connectivity index (χ4v) is 2.70. The van der Waals surface area contributed by atoms with Crippen molar-refractivity contribution in [1.82, 2.24) is 0 Å². The molecule has 0 amide bonds. The molecule has 0 nitrogen and oxygen atoms in total. The zero-order valence-electron chi connectivity index (χ0n) is 10.6. The van der Waals surface area contributed by atoms with Crippen molar-refractivity contribution >= 4 is 0 Å². The average molecular weight is 216 g/mol. The third-order valence-electron chi connectivity index (χ3n) is 3.73. The Labute approximate surface area is 100 Å². The predicted octanol–water partition coefficient (Wildman–Crippen LogP) is 4.69. The van der Waals surface area contributed by atoms with Crippen LogP contribution in [0.25, 0.3) is 0 Å². The second kappa shape index (κ2) is 6.08. The van der Waals surface area contributed by atoms with E-state index in [9.17, 15) is 0 Å². The summed E-state index contributed by atoms with van der Waals surface area (Å²) >= 11 is 0. The van der Waals surface area contributed by atoms with Crippen LogP contribution in [0.15, 0.2) is 18.2 Å². The minimum Gasteiger partial charge on any atom is -0.0654 e. The van der Waals surface area contributed by atoms with Crippen LogP contribution in [-0.2, 0) is 19.3 Å². The predicted molar refractivity (Wildman–Crippen MR) is 70.9 cm³/mol. The number of benzene rings is 1. The summed E-state index contributed by atoms with van der Waals surface area (Å²) in [6, 6.07) is 7.21. The largest absolute Gasteiger partial charge is 0.0654 e. The lowest BCUT2D eigenvalue weighted by atomic mass is 9.89. The maximum Gasteiger partial charge on any atom is -0.0276 e. The van der Waals surface area contributed by atoms with Crippen molar-refractivity contribution in [2.24, 2.45) is 0 Å². The van der Waals surface area contributed by atoms with Crippen molar-refractivity contribution < 1.29 is 0 Å². The summed E-state index contributed by atoms with van der Waals surface area (Å²) in [5, 5.41) is 0. The van der Waals surface area contributed by atoms with Gasteiger partial charge in [-0.2, -0.15) is 0 Å². The van der Waals surface area contributed by atoms with E-state index in [1.54, 1.807) is 16.7 Å². The van der Waals surface area contributed by atoms with Gasteiger partial charge in [-0.15, -0.1) is 0 Å². The van der Waals surface area contributed by atoms with Gasteiger partial charge in [0.25, 0.3) is 0 Å². The highest BCUT2D eigenvalue weighted by Crippen LogP contribution is 2.22. The van der Waals surface area contributed by atoms with Crippen molar-refractivity contribution in [3.63, 3.8) is 0 Å². The van der Waals surface area contributed by atoms with E-state index in [0.29, 0.717) is 0 Å². The molecule has 1 aliphatic rings. The van der Waals surface area contributed by atoms with E-state index in [4.69, 9.17) is 0 Å². The first-order chi connectivity index (χ1) is 7.90. The second-order valence-corrected chi connectivity index (χ2v) is 5.12. The molecule has 1 aromatic carbocycles. The molecule has 0 aromatic heterocycles. The molecule has 0 heterocycles. The Kier molecular flexibility index (Phi) is 4.44. The minimum absolute atomic E-state index is 1.28. The molecule has 0 saturated carbocycles. The van der Waals surface area contributed by atoms with E-state index in [-0.39, 0.29) is 0 Å². The third kappa shape index (κ3) is 3.10. The minimum atomic E-state index is 1.28. The quantitative estimate of drug-likeness (QED) is 0.626. The first-order valence-electron chi connectivity index (χ1n) is 7.01. The Bertz CT molecular complexity index is 325. The van der Waals surface area contributed by atoms with E-state index in [1.165, 1.54) is 57.8 Å². The Balaban J connectivity index is 1.90. The van der Waals surface area contributed by atoms with Crippen LogP contribution in [0.5, 0.6) is 0 Å². The lowest BCUT2D eigenvalue weighted by molar-refractivity contribution is 0.661. The molecule has 1 aliphatic carbocycles. The number of fused-ring (bicyclic) bond motifs is 1. The van der Waals surface area contributed by atoms with Gasteiger partial charge in [0.15, 0.2) is 0 Å². The molecule has 0 spiro atoms. The SMILES string of the molecule is CCCCCCc1ccc2c(c1)CCCC2. The summed E-state index contributed by atoms with van der Waals surface area (Å²) in [5.74, 6) is 0. The summed E-state index contributed by atoms with van der Waals surface area (Å²) < 4.78 is 0. The van der Waals surface area contributed by atoms with Gasteiger partial charge >= 0.3 is 0 Å². The van der Waals surface area contributed by atoms with Gasteiger partial charge in [0.1, 0.15) is 0 Å². The Morgan fingerprint density at radius 3 is 2.56 bits per heavy atom. The van der Waals surface area contributed by atoms with Crippen LogP contribution in [0.3, 0.4) is 0 Å². The number of hydrogen-bond acceptors (Lipinski definition) is 0. The molecule has 0 N–H and O–H groups in total. The molecule has 0 aliphatic heterocycles. The molecule has 0 unspecified atom stereocenters. The zero-order chi connectivity index (χ0) is 11.2. The third-order valence-corrected chi connectivity index (χ3v) is 3.73. The maximum absolute atomic E-state index is 2.47. The average Bonchev–Trinajstić information content (AvgIpc) is 2.34. The highest BCUT2D eigenvalue weighted by molar-refractivity contribution is 5.33. The second-order valence-electron chi connectivity index (χ2n) is 5.12. The van der Waals surface area contributed by atoms with Crippen molar-refractivity contribution in [3.05, 3.63) is 34.9 Å². The molecule has 0 heteroatoms. The van der Waals surface area contributed by atoms with Crippen LogP contribution in [0.1, 0.15) is 62.1 Å². The lowest BCUT2D eigenvalue weighted by Crippen LogP contribution is -2.03. The van der Waals surface area contributed by atoms with E-state index < -0.39 is 0 Å². The van der Waals surface area contributed by atoms with Crippen molar-refractivity contribution in [2.75, 3.05) is 0 Å². The van der Waals surface area contributed by atoms with Gasteiger partial charge < -0.3 is 0 Å². The van der Waals surface area contributed by atoms with Crippen molar-refractivity contribution in [1.29, 1.82) is 0 Å². The number of aryl methyl sites for hydroxylation is 3. The van der Waals surface area contributed by atoms with Gasteiger partial charge in [0, 0.05) is 0 Å². The number of unbranched alkanes of at least 4 members (excludes halogenated alkanes) is 3. The Hall–Kier alpha value is -0.780. The van der Waals surface area contributed by atoms with E-state index in [0.717, 1.165) is 0 Å². The summed E-state index contributed by atoms with van der Waals surface area (Å²) in [4.78, 5) is 0. The van der Waals surface area contributed by atoms with Gasteiger partial charge in [0.05, 0.1) is 0 Å². The highest BCUT2D eigenvalue weighted by Gasteiger charge is 2.08. The molecule has 0 radical (unpaired) electrons. The number of rotatable bonds is 5. The van der Waals surface area contributed by atoms with Crippen LogP contribution < -0.4 is 0 Å². The molecular weight excluding hydrogens is 192 g/mol. The molecule has 0 fully saturated rings. The summed E-state index contributed by atoms with van der Waals surface area (Å²) in [6.07, 6.45) is 12.2. The van der Waals surface area contributed by atoms with Crippen molar-refractivity contribution in [3.8, 4) is 0 Å². The van der Waals surface area contributed by atoms with Crippen LogP contribution in [0.4, 0.5) is 0 Å². The fraction of sp³-hybridized carbons (Fsp3) is 0.625. The lowest BCUT2D eigenvalue weighted by Gasteiger charge is -2.16. The summed E-state index contributed by atoms with van der Waals surface area (Å²) in [6.45, 7) is 2.28. The van der Waals surface area contributed by atoms with Gasteiger partial charge in [0.2, 0.25) is 0 Å². The molecular formula is C16H24. The van der Waals surface area contributed by atoms with E-state index >= 15 is 0 Å². The molecule has 2 rings (SSSR count). The smallest absolute Gasteiger partial charge is 0.0276 e. The van der Waals surface area contributed by atoms with Crippen molar-refractivity contribution in [2.45, 2.75) is 64.7 Å². The summed E-state index contributed by atoms with van der Waals surface area (Å²) in [7, 11) is 0. The summed E-state index contributed by atoms with van der Waals surface area (Å²) in [5.41, 5.74) is 4.82. The molecule has 88 valence electrons. The van der Waals surface area contributed by atoms with Crippen LogP contribution in [0, 0.1) is 0 Å². The monoisotopic (exact) mass is 216 g/mol. The van der Waals surface area contributed by atoms with Crippen LogP contribution in [0.2, 0.25) is 0 Å². The Morgan fingerprint density at radius 2 is 1.75 bits per heavy atom. The zero-order valence-corrected chi connectivity index (χ0v) is 10.6. The van der Waals surface area contributed by atoms with Crippen LogP contribution >= 0.6 is 0 Å². The highest BCUT2D eigenvalue weighted by atomic mass is 14.1. The van der Waals surface area contributed by atoms with Gasteiger partial charge in [-0.05, 0) is 55.2 Å². The van der Waals surface area contributed by atoms with E-state index in [2.05, 4.69) is 25.1 Å². The number of hydrogen-bond donors (Lipinski definition) is 0. The normalized spacial score (nSPS) is 14.8. The Morgan fingerprint density at radius 1 is 0.938 bits per heavy atom. The topological polar surface area (TPSA) is 0 Å². The van der Waals surface area contributed by atoms with Gasteiger partial charge in [-0.25, -0.2) is 0 Å². The first-order valence-corrected chi connectivity index (χ1v) is 7.01. The van der Waals surface area contributed by atoms with Gasteiger partial charge in [-0.3, -0.25) is 0 Å². The van der Waals surface area contributed by atoms with Crippen LogP contribution in [-0.4, -0.2) is 0 Å². The maximum atomic E-state index is 2.47. The fourth-order valence-electron chi connectivity index (χ4n) is 2.70. The molecule has 0 saturated heterocycles. The molecule has 0 bridgehead atoms.